The van der Waals surface area contributed by atoms with Crippen LogP contribution >= 0.6 is 0 Å². The summed E-state index contributed by atoms with van der Waals surface area (Å²) in [5.41, 5.74) is 2.17. The van der Waals surface area contributed by atoms with E-state index in [0.29, 0.717) is 17.8 Å². The molecule has 0 bridgehead atoms. The Bertz CT molecular complexity index is 693. The Kier molecular flexibility index (Phi) is 5.80. The highest BCUT2D eigenvalue weighted by atomic mass is 16.4. The molecule has 1 aromatic rings. The highest BCUT2D eigenvalue weighted by Crippen LogP contribution is 2.36. The second kappa shape index (κ2) is 8.07. The number of carbonyl (C=O) groups is 2. The summed E-state index contributed by atoms with van der Waals surface area (Å²) in [6.07, 6.45) is 6.58. The van der Waals surface area contributed by atoms with Crippen LogP contribution in [-0.4, -0.2) is 35.0 Å². The van der Waals surface area contributed by atoms with Gasteiger partial charge >= 0.3 is 5.97 Å². The first-order valence-electron chi connectivity index (χ1n) is 9.76. The molecule has 0 unspecified atom stereocenters. The van der Waals surface area contributed by atoms with Crippen LogP contribution in [0.25, 0.3) is 6.08 Å². The summed E-state index contributed by atoms with van der Waals surface area (Å²) in [6.45, 7) is 5.78. The third-order valence-electron chi connectivity index (χ3n) is 5.89. The van der Waals surface area contributed by atoms with Gasteiger partial charge in [0.1, 0.15) is 0 Å². The van der Waals surface area contributed by atoms with E-state index in [2.05, 4.69) is 13.8 Å². The second-order valence-corrected chi connectivity index (χ2v) is 8.04. The molecule has 4 heteroatoms. The van der Waals surface area contributed by atoms with Crippen molar-refractivity contribution in [3.05, 3.63) is 41.0 Å². The number of hydrogen-bond acceptors (Lipinski definition) is 2. The number of aliphatic carboxylic acids is 1. The van der Waals surface area contributed by atoms with Gasteiger partial charge in [-0.05, 0) is 47.8 Å². The minimum atomic E-state index is -1.01. The minimum absolute atomic E-state index is 0.0266. The van der Waals surface area contributed by atoms with E-state index in [-0.39, 0.29) is 17.9 Å². The molecule has 2 atom stereocenters. The zero-order valence-electron chi connectivity index (χ0n) is 15.8. The lowest BCUT2D eigenvalue weighted by Crippen LogP contribution is -2.29. The van der Waals surface area contributed by atoms with Gasteiger partial charge < -0.3 is 10.0 Å². The van der Waals surface area contributed by atoms with E-state index in [4.69, 9.17) is 0 Å². The number of carboxylic acids is 1. The Morgan fingerprint density at radius 2 is 1.77 bits per heavy atom. The van der Waals surface area contributed by atoms with E-state index in [1.165, 1.54) is 25.7 Å². The lowest BCUT2D eigenvalue weighted by molar-refractivity contribution is -0.136. The summed E-state index contributed by atoms with van der Waals surface area (Å²) in [6, 6.07) is 7.81. The van der Waals surface area contributed by atoms with Crippen molar-refractivity contribution in [2.24, 2.45) is 11.8 Å². The molecule has 26 heavy (non-hydrogen) atoms. The van der Waals surface area contributed by atoms with Gasteiger partial charge in [-0.2, -0.15) is 0 Å². The molecule has 1 heterocycles. The first kappa shape index (κ1) is 18.7. The number of carbonyl (C=O) groups excluding carboxylic acids is 1. The maximum Gasteiger partial charge on any atom is 0.332 e. The van der Waals surface area contributed by atoms with Crippen molar-refractivity contribution in [2.75, 3.05) is 13.1 Å². The molecule has 1 saturated heterocycles. The van der Waals surface area contributed by atoms with Gasteiger partial charge in [0.15, 0.2) is 0 Å². The van der Waals surface area contributed by atoms with Gasteiger partial charge in [-0.15, -0.1) is 0 Å². The molecule has 1 aromatic carbocycles. The monoisotopic (exact) mass is 355 g/mol. The largest absolute Gasteiger partial charge is 0.478 e. The predicted molar refractivity (Wildman–Crippen MR) is 103 cm³/mol. The number of likely N-dealkylation sites (tertiary alicyclic amines) is 1. The highest BCUT2D eigenvalue weighted by Gasteiger charge is 2.36. The number of rotatable bonds is 5. The van der Waals surface area contributed by atoms with Crippen molar-refractivity contribution in [1.82, 2.24) is 4.90 Å². The fraction of sp³-hybridized carbons (Fsp3) is 0.545. The van der Waals surface area contributed by atoms with Crippen LogP contribution in [0.4, 0.5) is 0 Å². The smallest absolute Gasteiger partial charge is 0.332 e. The summed E-state index contributed by atoms with van der Waals surface area (Å²) in [5.74, 6) is 0.483. The molecule has 0 radical (unpaired) electrons. The lowest BCUT2D eigenvalue weighted by atomic mass is 9.82. The number of amides is 1. The van der Waals surface area contributed by atoms with Gasteiger partial charge in [0.25, 0.3) is 0 Å². The molecule has 1 saturated carbocycles. The summed E-state index contributed by atoms with van der Waals surface area (Å²) in [4.78, 5) is 26.4. The normalized spacial score (nSPS) is 23.2. The number of benzene rings is 1. The molecule has 3 rings (SSSR count). The zero-order chi connectivity index (χ0) is 18.7. The van der Waals surface area contributed by atoms with Gasteiger partial charge in [0, 0.05) is 18.7 Å². The van der Waals surface area contributed by atoms with Crippen molar-refractivity contribution in [3.63, 3.8) is 0 Å². The Balaban J connectivity index is 1.75. The van der Waals surface area contributed by atoms with Crippen LogP contribution in [0.5, 0.6) is 0 Å². The molecule has 140 valence electrons. The van der Waals surface area contributed by atoms with E-state index in [1.54, 1.807) is 6.08 Å². The molecule has 1 aliphatic carbocycles. The van der Waals surface area contributed by atoms with Crippen LogP contribution in [0, 0.1) is 11.8 Å². The summed E-state index contributed by atoms with van der Waals surface area (Å²) >= 11 is 0. The summed E-state index contributed by atoms with van der Waals surface area (Å²) in [7, 11) is 0. The number of carboxylic acid groups (broad SMARTS) is 1. The predicted octanol–water partition coefficient (Wildman–Crippen LogP) is 4.32. The topological polar surface area (TPSA) is 57.6 Å². The molecule has 1 aliphatic heterocycles. The Morgan fingerprint density at radius 1 is 1.15 bits per heavy atom. The lowest BCUT2D eigenvalue weighted by Gasteiger charge is -2.22. The molecule has 2 fully saturated rings. The third kappa shape index (κ3) is 4.17. The van der Waals surface area contributed by atoms with Crippen LogP contribution in [0.3, 0.4) is 0 Å². The number of hydrogen-bond donors (Lipinski definition) is 1. The van der Waals surface area contributed by atoms with E-state index < -0.39 is 5.97 Å². The maximum absolute atomic E-state index is 12.7. The van der Waals surface area contributed by atoms with Gasteiger partial charge in [-0.25, -0.2) is 4.79 Å². The van der Waals surface area contributed by atoms with Gasteiger partial charge in [-0.3, -0.25) is 4.79 Å². The van der Waals surface area contributed by atoms with E-state index in [0.717, 1.165) is 24.2 Å². The fourth-order valence-corrected chi connectivity index (χ4v) is 4.43. The van der Waals surface area contributed by atoms with Crippen LogP contribution in [-0.2, 0) is 9.59 Å². The second-order valence-electron chi connectivity index (χ2n) is 8.04. The maximum atomic E-state index is 12.7. The van der Waals surface area contributed by atoms with Crippen LogP contribution in [0.2, 0.25) is 0 Å². The van der Waals surface area contributed by atoms with Gasteiger partial charge in [0.05, 0.1) is 6.42 Å². The van der Waals surface area contributed by atoms with E-state index in [9.17, 15) is 14.7 Å². The van der Waals surface area contributed by atoms with Crippen molar-refractivity contribution in [2.45, 2.75) is 51.9 Å². The molecule has 0 aromatic heterocycles. The van der Waals surface area contributed by atoms with Crippen molar-refractivity contribution < 1.29 is 14.7 Å². The quantitative estimate of drug-likeness (QED) is 0.801. The SMILES string of the molecule is CC(C)c1ccccc1/C=C(\CC(=O)N1C[C@H]2CCCC[C@H]2C1)C(=O)O. The Labute approximate surface area is 155 Å². The number of nitrogens with zero attached hydrogens (tertiary/aromatic N) is 1. The van der Waals surface area contributed by atoms with Crippen molar-refractivity contribution in [1.29, 1.82) is 0 Å². The molecule has 4 nitrogen and oxygen atoms in total. The molecular formula is C22H29NO3. The first-order valence-corrected chi connectivity index (χ1v) is 9.76. The molecular weight excluding hydrogens is 326 g/mol. The average Bonchev–Trinajstić information content (AvgIpc) is 3.05. The van der Waals surface area contributed by atoms with Crippen molar-refractivity contribution in [3.8, 4) is 0 Å². The molecule has 1 N–H and O–H groups in total. The third-order valence-corrected chi connectivity index (χ3v) is 5.89. The minimum Gasteiger partial charge on any atom is -0.478 e. The van der Waals surface area contributed by atoms with Crippen LogP contribution in [0.1, 0.15) is 63.0 Å². The molecule has 1 amide bonds. The van der Waals surface area contributed by atoms with Crippen molar-refractivity contribution >= 4 is 18.0 Å². The van der Waals surface area contributed by atoms with Gasteiger partial charge in [-0.1, -0.05) is 51.0 Å². The highest BCUT2D eigenvalue weighted by molar-refractivity contribution is 5.98. The Morgan fingerprint density at radius 3 is 2.35 bits per heavy atom. The van der Waals surface area contributed by atoms with Gasteiger partial charge in [0.2, 0.25) is 5.91 Å². The number of fused-ring (bicyclic) bond motifs is 1. The molecule has 2 aliphatic rings. The van der Waals surface area contributed by atoms with E-state index in [1.807, 2.05) is 29.2 Å². The summed E-state index contributed by atoms with van der Waals surface area (Å²) < 4.78 is 0. The van der Waals surface area contributed by atoms with Crippen LogP contribution < -0.4 is 0 Å². The summed E-state index contributed by atoms with van der Waals surface area (Å²) in [5, 5.41) is 9.62. The zero-order valence-corrected chi connectivity index (χ0v) is 15.8. The average molecular weight is 355 g/mol. The standard InChI is InChI=1S/C22H29NO3/c1-15(2)20-10-6-5-7-16(20)11-19(22(25)26)12-21(24)23-13-17-8-3-4-9-18(17)14-23/h5-7,10-11,15,17-18H,3-4,8-9,12-14H2,1-2H3,(H,25,26)/b19-11+/t17-,18+. The Hall–Kier alpha value is -2.10. The van der Waals surface area contributed by atoms with E-state index >= 15 is 0 Å². The fourth-order valence-electron chi connectivity index (χ4n) is 4.43. The molecule has 0 spiro atoms. The first-order chi connectivity index (χ1) is 12.5. The van der Waals surface area contributed by atoms with Crippen LogP contribution in [0.15, 0.2) is 29.8 Å².